The van der Waals surface area contributed by atoms with Gasteiger partial charge in [-0.3, -0.25) is 9.58 Å². The zero-order valence-corrected chi connectivity index (χ0v) is 12.3. The Labute approximate surface area is 107 Å². The number of hydrogen-bond donors (Lipinski definition) is 0. The van der Waals surface area contributed by atoms with E-state index in [1.807, 2.05) is 11.7 Å². The van der Waals surface area contributed by atoms with Crippen molar-refractivity contribution in [2.24, 2.45) is 7.05 Å². The fraction of sp³-hybridized carbons (Fsp3) is 0.750. The molecule has 0 aliphatic rings. The van der Waals surface area contributed by atoms with E-state index in [1.165, 1.54) is 11.4 Å². The molecular weight excluding hydrogens is 266 g/mol. The molecule has 0 amide bonds. The predicted octanol–water partition coefficient (Wildman–Crippen LogP) is 2.59. The van der Waals surface area contributed by atoms with Crippen molar-refractivity contribution in [3.05, 3.63) is 17.5 Å². The van der Waals surface area contributed by atoms with E-state index in [4.69, 9.17) is 0 Å². The van der Waals surface area contributed by atoms with Gasteiger partial charge in [-0.25, -0.2) is 0 Å². The van der Waals surface area contributed by atoms with Crippen LogP contribution in [-0.4, -0.2) is 32.6 Å². The molecule has 0 radical (unpaired) electrons. The van der Waals surface area contributed by atoms with Crippen LogP contribution in [0.1, 0.15) is 32.2 Å². The summed E-state index contributed by atoms with van der Waals surface area (Å²) in [7, 11) is 2.03. The summed E-state index contributed by atoms with van der Waals surface area (Å²) in [6, 6.07) is 2.78. The van der Waals surface area contributed by atoms with Gasteiger partial charge >= 0.3 is 0 Å². The molecule has 0 aliphatic heterocycles. The molecule has 3 nitrogen and oxygen atoms in total. The second kappa shape index (κ2) is 6.40. The lowest BCUT2D eigenvalue weighted by molar-refractivity contribution is 0.222. The third kappa shape index (κ3) is 3.59. The highest BCUT2D eigenvalue weighted by atomic mass is 79.9. The lowest BCUT2D eigenvalue weighted by Crippen LogP contribution is -2.32. The summed E-state index contributed by atoms with van der Waals surface area (Å²) in [5.41, 5.74) is 2.48. The van der Waals surface area contributed by atoms with Crippen molar-refractivity contribution < 1.29 is 0 Å². The maximum Gasteiger partial charge on any atom is 0.0625 e. The first kappa shape index (κ1) is 13.7. The van der Waals surface area contributed by atoms with E-state index < -0.39 is 0 Å². The van der Waals surface area contributed by atoms with Crippen molar-refractivity contribution in [3.8, 4) is 0 Å². The van der Waals surface area contributed by atoms with Crippen LogP contribution in [0.4, 0.5) is 0 Å². The molecule has 0 fully saturated rings. The molecule has 16 heavy (non-hydrogen) atoms. The fourth-order valence-electron chi connectivity index (χ4n) is 1.73. The first-order chi connectivity index (χ1) is 7.58. The first-order valence-electron chi connectivity index (χ1n) is 5.90. The molecule has 0 spiro atoms. The monoisotopic (exact) mass is 287 g/mol. The van der Waals surface area contributed by atoms with Crippen LogP contribution < -0.4 is 0 Å². The van der Waals surface area contributed by atoms with Gasteiger partial charge in [0.05, 0.1) is 11.4 Å². The highest BCUT2D eigenvalue weighted by Crippen LogP contribution is 2.10. The van der Waals surface area contributed by atoms with Gasteiger partial charge in [-0.05, 0) is 26.3 Å². The average molecular weight is 288 g/mol. The van der Waals surface area contributed by atoms with E-state index >= 15 is 0 Å². The third-order valence-electron chi connectivity index (χ3n) is 2.86. The van der Waals surface area contributed by atoms with Crippen LogP contribution in [0, 0.1) is 0 Å². The third-order valence-corrected chi connectivity index (χ3v) is 3.21. The van der Waals surface area contributed by atoms with Crippen molar-refractivity contribution in [1.82, 2.24) is 14.7 Å². The molecule has 1 heterocycles. The second-order valence-corrected chi connectivity index (χ2v) is 5.15. The normalized spacial score (nSPS) is 11.7. The Hall–Kier alpha value is -0.350. The summed E-state index contributed by atoms with van der Waals surface area (Å²) in [6.45, 7) is 8.67. The van der Waals surface area contributed by atoms with Crippen LogP contribution in [0.2, 0.25) is 0 Å². The van der Waals surface area contributed by atoms with Crippen LogP contribution in [0.5, 0.6) is 0 Å². The Kier molecular flexibility index (Phi) is 5.49. The summed E-state index contributed by atoms with van der Waals surface area (Å²) in [5, 5.41) is 5.50. The van der Waals surface area contributed by atoms with Crippen molar-refractivity contribution in [1.29, 1.82) is 0 Å². The number of halogens is 1. The van der Waals surface area contributed by atoms with Gasteiger partial charge in [-0.2, -0.15) is 5.10 Å². The molecule has 0 aliphatic carbocycles. The Bertz CT molecular complexity index is 320. The quantitative estimate of drug-likeness (QED) is 0.750. The van der Waals surface area contributed by atoms with E-state index in [2.05, 4.69) is 52.8 Å². The van der Waals surface area contributed by atoms with Crippen LogP contribution in [0.25, 0.3) is 0 Å². The van der Waals surface area contributed by atoms with Gasteiger partial charge in [0.25, 0.3) is 0 Å². The number of aryl methyl sites for hydroxylation is 2. The Balaban J connectivity index is 2.72. The molecule has 4 heteroatoms. The van der Waals surface area contributed by atoms with E-state index in [0.29, 0.717) is 6.04 Å². The number of aromatic nitrogens is 2. The maximum atomic E-state index is 4.48. The van der Waals surface area contributed by atoms with Gasteiger partial charge in [0.2, 0.25) is 0 Å². The van der Waals surface area contributed by atoms with Gasteiger partial charge in [0.15, 0.2) is 0 Å². The van der Waals surface area contributed by atoms with Gasteiger partial charge in [-0.15, -0.1) is 0 Å². The van der Waals surface area contributed by atoms with E-state index in [9.17, 15) is 0 Å². The molecular formula is C12H22BrN3. The molecule has 1 rings (SSSR count). The van der Waals surface area contributed by atoms with E-state index in [-0.39, 0.29) is 0 Å². The largest absolute Gasteiger partial charge is 0.294 e. The van der Waals surface area contributed by atoms with Gasteiger partial charge in [-0.1, -0.05) is 22.9 Å². The molecule has 0 saturated carbocycles. The summed E-state index contributed by atoms with van der Waals surface area (Å²) in [4.78, 5) is 2.45. The lowest BCUT2D eigenvalue weighted by atomic mass is 10.2. The fourth-order valence-corrected chi connectivity index (χ4v) is 2.18. The molecule has 0 saturated heterocycles. The molecule has 0 N–H and O–H groups in total. The highest BCUT2D eigenvalue weighted by Gasteiger charge is 2.12. The van der Waals surface area contributed by atoms with Crippen molar-refractivity contribution >= 4 is 15.9 Å². The Morgan fingerprint density at radius 3 is 2.62 bits per heavy atom. The van der Waals surface area contributed by atoms with Crippen molar-refractivity contribution in [3.63, 3.8) is 0 Å². The molecule has 0 unspecified atom stereocenters. The SMILES string of the molecule is CCc1cc(CN(CCBr)C(C)C)n(C)n1. The number of alkyl halides is 1. The Morgan fingerprint density at radius 2 is 2.19 bits per heavy atom. The van der Waals surface area contributed by atoms with Crippen LogP contribution >= 0.6 is 15.9 Å². The molecule has 0 aromatic carbocycles. The van der Waals surface area contributed by atoms with E-state index in [0.717, 1.165) is 24.8 Å². The van der Waals surface area contributed by atoms with Crippen LogP contribution in [-0.2, 0) is 20.0 Å². The van der Waals surface area contributed by atoms with Gasteiger partial charge in [0.1, 0.15) is 0 Å². The molecule has 0 atom stereocenters. The zero-order chi connectivity index (χ0) is 12.1. The number of rotatable bonds is 6. The highest BCUT2D eigenvalue weighted by molar-refractivity contribution is 9.09. The standard InChI is InChI=1S/C12H22BrN3/c1-5-11-8-12(15(4)14-11)9-16(7-6-13)10(2)3/h8,10H,5-7,9H2,1-4H3. The van der Waals surface area contributed by atoms with Crippen LogP contribution in [0.3, 0.4) is 0 Å². The van der Waals surface area contributed by atoms with E-state index in [1.54, 1.807) is 0 Å². The Morgan fingerprint density at radius 1 is 1.50 bits per heavy atom. The maximum absolute atomic E-state index is 4.48. The molecule has 1 aromatic heterocycles. The minimum absolute atomic E-state index is 0.567. The summed E-state index contributed by atoms with van der Waals surface area (Å²) < 4.78 is 2.00. The minimum Gasteiger partial charge on any atom is -0.294 e. The summed E-state index contributed by atoms with van der Waals surface area (Å²) in [6.07, 6.45) is 1.01. The van der Waals surface area contributed by atoms with Gasteiger partial charge < -0.3 is 0 Å². The summed E-state index contributed by atoms with van der Waals surface area (Å²) >= 11 is 3.50. The molecule has 0 bridgehead atoms. The smallest absolute Gasteiger partial charge is 0.0625 e. The second-order valence-electron chi connectivity index (χ2n) is 4.36. The molecule has 92 valence electrons. The van der Waals surface area contributed by atoms with Crippen molar-refractivity contribution in [2.45, 2.75) is 39.8 Å². The topological polar surface area (TPSA) is 21.1 Å². The van der Waals surface area contributed by atoms with Crippen LogP contribution in [0.15, 0.2) is 6.07 Å². The first-order valence-corrected chi connectivity index (χ1v) is 7.02. The zero-order valence-electron chi connectivity index (χ0n) is 10.7. The number of hydrogen-bond acceptors (Lipinski definition) is 2. The number of nitrogens with zero attached hydrogens (tertiary/aromatic N) is 3. The minimum atomic E-state index is 0.567. The lowest BCUT2D eigenvalue weighted by Gasteiger charge is -2.25. The summed E-state index contributed by atoms with van der Waals surface area (Å²) in [5.74, 6) is 0. The van der Waals surface area contributed by atoms with Gasteiger partial charge in [0, 0.05) is 31.5 Å². The predicted molar refractivity (Wildman–Crippen MR) is 71.9 cm³/mol. The molecule has 1 aromatic rings. The average Bonchev–Trinajstić information content (AvgIpc) is 2.59. The van der Waals surface area contributed by atoms with Crippen molar-refractivity contribution in [2.75, 3.05) is 11.9 Å².